The molecule has 0 aromatic heterocycles. The average Bonchev–Trinajstić information content (AvgIpc) is 3.20. The number of allylic oxidation sites excluding steroid dienone is 3. The summed E-state index contributed by atoms with van der Waals surface area (Å²) in [6.07, 6.45) is 3.43. The molecule has 2 aliphatic rings. The average molecular weight is 392 g/mol. The van der Waals surface area contributed by atoms with E-state index in [1.807, 2.05) is 18.2 Å². The second kappa shape index (κ2) is 7.55. The maximum absolute atomic E-state index is 12.3. The molecule has 128 valence electrons. The van der Waals surface area contributed by atoms with Crippen LogP contribution in [0.15, 0.2) is 60.3 Å². The van der Waals surface area contributed by atoms with Crippen molar-refractivity contribution in [2.75, 3.05) is 14.2 Å². The zero-order chi connectivity index (χ0) is 18.0. The Morgan fingerprint density at radius 3 is 2.08 bits per heavy atom. The van der Waals surface area contributed by atoms with Gasteiger partial charge < -0.3 is 9.47 Å². The van der Waals surface area contributed by atoms with Crippen LogP contribution in [0.3, 0.4) is 0 Å². The zero-order valence-electron chi connectivity index (χ0n) is 13.2. The summed E-state index contributed by atoms with van der Waals surface area (Å²) in [5, 5.41) is 0. The number of hydrogen-bond donors (Lipinski definition) is 0. The fourth-order valence-electron chi connectivity index (χ4n) is 2.13. The summed E-state index contributed by atoms with van der Waals surface area (Å²) in [6.45, 7) is 0. The molecular formula is C17H12O5S3. The van der Waals surface area contributed by atoms with Gasteiger partial charge in [0.2, 0.25) is 5.78 Å². The van der Waals surface area contributed by atoms with Crippen LogP contribution in [0.25, 0.3) is 0 Å². The van der Waals surface area contributed by atoms with Crippen molar-refractivity contribution < 1.29 is 23.9 Å². The van der Waals surface area contributed by atoms with Crippen molar-refractivity contribution in [2.24, 2.45) is 0 Å². The molecule has 0 saturated heterocycles. The summed E-state index contributed by atoms with van der Waals surface area (Å²) in [4.78, 5) is 37.9. The molecule has 5 nitrogen and oxygen atoms in total. The van der Waals surface area contributed by atoms with E-state index < -0.39 is 11.9 Å². The van der Waals surface area contributed by atoms with Gasteiger partial charge in [-0.15, -0.1) is 0 Å². The third kappa shape index (κ3) is 3.56. The molecule has 3 rings (SSSR count). The molecule has 0 fully saturated rings. The number of hydrogen-bond acceptors (Lipinski definition) is 8. The van der Waals surface area contributed by atoms with Gasteiger partial charge in [0.15, 0.2) is 0 Å². The number of methoxy groups -OCH3 is 2. The first-order valence-corrected chi connectivity index (χ1v) is 9.50. The van der Waals surface area contributed by atoms with Gasteiger partial charge in [0, 0.05) is 10.5 Å². The standard InChI is InChI=1S/C17H12O5S3/c1-21-16(19)14-15(17(20)22-2)25-12(24-14)8-7-11-13(18)9-5-3-4-6-10(9)23-11/h3-8H,1-2H3. The summed E-state index contributed by atoms with van der Waals surface area (Å²) in [5.41, 5.74) is 0.688. The van der Waals surface area contributed by atoms with Crippen LogP contribution in [0, 0.1) is 0 Å². The van der Waals surface area contributed by atoms with E-state index in [2.05, 4.69) is 0 Å². The number of benzene rings is 1. The summed E-state index contributed by atoms with van der Waals surface area (Å²) in [7, 11) is 2.51. The summed E-state index contributed by atoms with van der Waals surface area (Å²) in [6, 6.07) is 7.41. The number of rotatable bonds is 3. The van der Waals surface area contributed by atoms with Crippen LogP contribution >= 0.6 is 35.3 Å². The largest absolute Gasteiger partial charge is 0.465 e. The third-order valence-electron chi connectivity index (χ3n) is 3.30. The van der Waals surface area contributed by atoms with Gasteiger partial charge in [-0.3, -0.25) is 4.79 Å². The fraction of sp³-hybridized carbons (Fsp3) is 0.118. The molecule has 1 aromatic carbocycles. The highest BCUT2D eigenvalue weighted by Gasteiger charge is 2.32. The van der Waals surface area contributed by atoms with Crippen molar-refractivity contribution in [1.29, 1.82) is 0 Å². The minimum absolute atomic E-state index is 0.0280. The second-order valence-corrected chi connectivity index (χ2v) is 8.24. The predicted octanol–water partition coefficient (Wildman–Crippen LogP) is 3.74. The van der Waals surface area contributed by atoms with Gasteiger partial charge in [-0.05, 0) is 24.3 Å². The molecule has 2 heterocycles. The number of ketones is 1. The Bertz CT molecular complexity index is 837. The van der Waals surface area contributed by atoms with Crippen molar-refractivity contribution in [2.45, 2.75) is 4.90 Å². The first-order valence-electron chi connectivity index (χ1n) is 7.05. The van der Waals surface area contributed by atoms with Crippen molar-refractivity contribution in [3.8, 4) is 0 Å². The topological polar surface area (TPSA) is 69.7 Å². The van der Waals surface area contributed by atoms with E-state index in [0.717, 1.165) is 28.4 Å². The van der Waals surface area contributed by atoms with Crippen LogP contribution in [0.2, 0.25) is 0 Å². The molecular weight excluding hydrogens is 380 g/mol. The van der Waals surface area contributed by atoms with E-state index in [1.54, 1.807) is 18.2 Å². The van der Waals surface area contributed by atoms with Crippen LogP contribution in [0.5, 0.6) is 0 Å². The fourth-order valence-corrected chi connectivity index (χ4v) is 5.40. The number of thioether (sulfide) groups is 3. The smallest absolute Gasteiger partial charge is 0.346 e. The van der Waals surface area contributed by atoms with Gasteiger partial charge in [-0.1, -0.05) is 47.4 Å². The Kier molecular flexibility index (Phi) is 5.41. The lowest BCUT2D eigenvalue weighted by Crippen LogP contribution is -2.08. The molecule has 0 bridgehead atoms. The van der Waals surface area contributed by atoms with Crippen molar-refractivity contribution in [3.05, 3.63) is 60.9 Å². The van der Waals surface area contributed by atoms with Crippen molar-refractivity contribution in [1.82, 2.24) is 0 Å². The van der Waals surface area contributed by atoms with Crippen molar-refractivity contribution >= 4 is 53.0 Å². The predicted molar refractivity (Wildman–Crippen MR) is 99.0 cm³/mol. The van der Waals surface area contributed by atoms with Crippen LogP contribution in [0.1, 0.15) is 10.4 Å². The number of Topliss-reactive ketones (excluding diaryl/α,β-unsaturated/α-hetero) is 1. The molecule has 0 atom stereocenters. The van der Waals surface area contributed by atoms with E-state index in [9.17, 15) is 14.4 Å². The maximum Gasteiger partial charge on any atom is 0.346 e. The number of carbonyl (C=O) groups excluding carboxylic acids is 3. The molecule has 1 aromatic rings. The minimum Gasteiger partial charge on any atom is -0.465 e. The number of esters is 2. The van der Waals surface area contributed by atoms with Crippen LogP contribution < -0.4 is 0 Å². The lowest BCUT2D eigenvalue weighted by atomic mass is 10.1. The monoisotopic (exact) mass is 392 g/mol. The highest BCUT2D eigenvalue weighted by molar-refractivity contribution is 8.29. The normalized spacial score (nSPS) is 17.8. The molecule has 8 heteroatoms. The summed E-state index contributed by atoms with van der Waals surface area (Å²) >= 11 is 3.66. The molecule has 2 aliphatic heterocycles. The third-order valence-corrected chi connectivity index (χ3v) is 6.87. The first kappa shape index (κ1) is 17.9. The Labute approximate surface area is 156 Å². The molecule has 0 spiro atoms. The van der Waals surface area contributed by atoms with Crippen LogP contribution in [-0.2, 0) is 19.1 Å². The molecule has 0 radical (unpaired) electrons. The molecule has 0 aliphatic carbocycles. The zero-order valence-corrected chi connectivity index (χ0v) is 15.7. The Hall–Kier alpha value is -1.90. The van der Waals surface area contributed by atoms with Crippen LogP contribution in [-0.4, -0.2) is 31.9 Å². The van der Waals surface area contributed by atoms with Gasteiger partial charge in [0.05, 0.1) is 23.4 Å². The second-order valence-electron chi connectivity index (χ2n) is 4.79. The summed E-state index contributed by atoms with van der Waals surface area (Å²) in [5.74, 6) is -1.21. The number of fused-ring (bicyclic) bond motifs is 1. The number of ether oxygens (including phenoxy) is 2. The van der Waals surface area contributed by atoms with E-state index in [0.29, 0.717) is 14.7 Å². The quantitative estimate of drug-likeness (QED) is 0.569. The van der Waals surface area contributed by atoms with Gasteiger partial charge in [0.1, 0.15) is 9.81 Å². The van der Waals surface area contributed by atoms with E-state index >= 15 is 0 Å². The Morgan fingerprint density at radius 2 is 1.52 bits per heavy atom. The molecule has 0 saturated carbocycles. The summed E-state index contributed by atoms with van der Waals surface area (Å²) < 4.78 is 10.1. The Balaban J connectivity index is 1.82. The molecule has 0 amide bonds. The van der Waals surface area contributed by atoms with Crippen LogP contribution in [0.4, 0.5) is 0 Å². The first-order chi connectivity index (χ1) is 12.0. The molecule has 0 N–H and O–H groups in total. The highest BCUT2D eigenvalue weighted by Crippen LogP contribution is 2.50. The molecule has 25 heavy (non-hydrogen) atoms. The Morgan fingerprint density at radius 1 is 0.920 bits per heavy atom. The maximum atomic E-state index is 12.3. The highest BCUT2D eigenvalue weighted by atomic mass is 32.2. The SMILES string of the molecule is COC(=O)C1=C(C(=O)OC)SC(=CC=C2Sc3ccccc3C2=O)S1. The van der Waals surface area contributed by atoms with Gasteiger partial charge in [-0.2, -0.15) is 0 Å². The van der Waals surface area contributed by atoms with E-state index in [1.165, 1.54) is 26.0 Å². The lowest BCUT2D eigenvalue weighted by molar-refractivity contribution is -0.138. The van der Waals surface area contributed by atoms with Gasteiger partial charge >= 0.3 is 11.9 Å². The van der Waals surface area contributed by atoms with E-state index in [-0.39, 0.29) is 15.6 Å². The van der Waals surface area contributed by atoms with E-state index in [4.69, 9.17) is 9.47 Å². The van der Waals surface area contributed by atoms with Crippen molar-refractivity contribution in [3.63, 3.8) is 0 Å². The lowest BCUT2D eigenvalue weighted by Gasteiger charge is -2.00. The number of carbonyl (C=O) groups is 3. The minimum atomic E-state index is -0.590. The molecule has 0 unspecified atom stereocenters. The van der Waals surface area contributed by atoms with Gasteiger partial charge in [0.25, 0.3) is 0 Å². The van der Waals surface area contributed by atoms with Gasteiger partial charge in [-0.25, -0.2) is 9.59 Å².